The van der Waals surface area contributed by atoms with Crippen molar-refractivity contribution in [3.63, 3.8) is 0 Å². The molecule has 0 fully saturated rings. The van der Waals surface area contributed by atoms with E-state index in [9.17, 15) is 0 Å². The van der Waals surface area contributed by atoms with E-state index in [1.807, 2.05) is 12.1 Å². The van der Waals surface area contributed by atoms with Gasteiger partial charge in [-0.05, 0) is 42.9 Å². The Kier molecular flexibility index (Phi) is 7.09. The average Bonchev–Trinajstić information content (AvgIpc) is 2.37. The molecule has 0 saturated heterocycles. The average molecular weight is 337 g/mol. The van der Waals surface area contributed by atoms with Crippen LogP contribution in [0.3, 0.4) is 0 Å². The zero-order valence-electron chi connectivity index (χ0n) is 13.0. The Bertz CT molecular complexity index is 449. The fourth-order valence-corrected chi connectivity index (χ4v) is 2.50. The summed E-state index contributed by atoms with van der Waals surface area (Å²) in [6, 6.07) is 8.21. The standard InChI is InChI=1S/C17H25BrN2/c1-13(2)5-7-20(8-6-14(3)4)17-10-15(12-19)9-16(18)11-17/h9-11,13-14H,5-8H2,1-4H3. The van der Waals surface area contributed by atoms with Crippen LogP contribution in [-0.2, 0) is 0 Å². The summed E-state index contributed by atoms with van der Waals surface area (Å²) in [5.41, 5.74) is 1.87. The zero-order valence-corrected chi connectivity index (χ0v) is 14.6. The van der Waals surface area contributed by atoms with Gasteiger partial charge in [0.2, 0.25) is 0 Å². The molecule has 0 N–H and O–H groups in total. The summed E-state index contributed by atoms with van der Waals surface area (Å²) < 4.78 is 0.977. The summed E-state index contributed by atoms with van der Waals surface area (Å²) in [5.74, 6) is 1.39. The van der Waals surface area contributed by atoms with E-state index in [2.05, 4.69) is 60.7 Å². The van der Waals surface area contributed by atoms with Crippen molar-refractivity contribution >= 4 is 21.6 Å². The van der Waals surface area contributed by atoms with Crippen LogP contribution in [0, 0.1) is 23.2 Å². The van der Waals surface area contributed by atoms with E-state index in [-0.39, 0.29) is 0 Å². The van der Waals surface area contributed by atoms with Crippen LogP contribution in [0.15, 0.2) is 22.7 Å². The molecular weight excluding hydrogens is 312 g/mol. The van der Waals surface area contributed by atoms with Crippen molar-refractivity contribution in [2.45, 2.75) is 40.5 Å². The number of nitrogens with zero attached hydrogens (tertiary/aromatic N) is 2. The predicted molar refractivity (Wildman–Crippen MR) is 90.0 cm³/mol. The molecule has 0 aliphatic rings. The maximum Gasteiger partial charge on any atom is 0.0992 e. The third kappa shape index (κ3) is 5.96. The highest BCUT2D eigenvalue weighted by atomic mass is 79.9. The number of halogens is 1. The maximum absolute atomic E-state index is 9.12. The molecule has 1 aromatic rings. The fraction of sp³-hybridized carbons (Fsp3) is 0.588. The highest BCUT2D eigenvalue weighted by Crippen LogP contribution is 2.24. The Labute approximate surface area is 131 Å². The molecule has 0 amide bonds. The van der Waals surface area contributed by atoms with Crippen molar-refractivity contribution in [1.82, 2.24) is 0 Å². The maximum atomic E-state index is 9.12. The molecule has 0 unspecified atom stereocenters. The first-order valence-electron chi connectivity index (χ1n) is 7.38. The van der Waals surface area contributed by atoms with Crippen LogP contribution in [0.1, 0.15) is 46.1 Å². The summed E-state index contributed by atoms with van der Waals surface area (Å²) in [7, 11) is 0. The molecule has 1 rings (SSSR count). The monoisotopic (exact) mass is 336 g/mol. The Morgan fingerprint density at radius 2 is 1.60 bits per heavy atom. The number of nitriles is 1. The lowest BCUT2D eigenvalue weighted by atomic mass is 10.1. The highest BCUT2D eigenvalue weighted by Gasteiger charge is 2.10. The van der Waals surface area contributed by atoms with Crippen LogP contribution >= 0.6 is 15.9 Å². The normalized spacial score (nSPS) is 10.9. The van der Waals surface area contributed by atoms with E-state index in [0.717, 1.165) is 23.2 Å². The van der Waals surface area contributed by atoms with Crippen LogP contribution in [0.5, 0.6) is 0 Å². The predicted octanol–water partition coefficient (Wildman–Crippen LogP) is 5.22. The number of hydrogen-bond donors (Lipinski definition) is 0. The molecular formula is C17H25BrN2. The molecule has 0 aromatic heterocycles. The topological polar surface area (TPSA) is 27.0 Å². The Morgan fingerprint density at radius 1 is 1.05 bits per heavy atom. The molecule has 0 bridgehead atoms. The van der Waals surface area contributed by atoms with E-state index < -0.39 is 0 Å². The molecule has 0 spiro atoms. The second-order valence-electron chi connectivity index (χ2n) is 6.16. The number of benzene rings is 1. The quantitative estimate of drug-likeness (QED) is 0.682. The number of anilines is 1. The van der Waals surface area contributed by atoms with Crippen molar-refractivity contribution in [1.29, 1.82) is 5.26 Å². The van der Waals surface area contributed by atoms with Crippen LogP contribution in [0.4, 0.5) is 5.69 Å². The molecule has 20 heavy (non-hydrogen) atoms. The molecule has 0 heterocycles. The first kappa shape index (κ1) is 17.0. The van der Waals surface area contributed by atoms with E-state index >= 15 is 0 Å². The van der Waals surface area contributed by atoms with Gasteiger partial charge in [0.15, 0.2) is 0 Å². The molecule has 0 aliphatic heterocycles. The second-order valence-corrected chi connectivity index (χ2v) is 7.08. The third-order valence-electron chi connectivity index (χ3n) is 3.33. The van der Waals surface area contributed by atoms with Gasteiger partial charge in [-0.2, -0.15) is 5.26 Å². The second kappa shape index (κ2) is 8.32. The van der Waals surface area contributed by atoms with Gasteiger partial charge in [-0.15, -0.1) is 0 Å². The molecule has 0 aliphatic carbocycles. The lowest BCUT2D eigenvalue weighted by Gasteiger charge is -2.27. The molecule has 3 heteroatoms. The minimum atomic E-state index is 0.694. The van der Waals surface area contributed by atoms with Crippen LogP contribution in [-0.4, -0.2) is 13.1 Å². The SMILES string of the molecule is CC(C)CCN(CCC(C)C)c1cc(Br)cc(C#N)c1. The molecule has 1 aromatic carbocycles. The van der Waals surface area contributed by atoms with Crippen LogP contribution < -0.4 is 4.90 Å². The minimum absolute atomic E-state index is 0.694. The summed E-state index contributed by atoms with van der Waals surface area (Å²) in [5, 5.41) is 9.12. The van der Waals surface area contributed by atoms with Crippen molar-refractivity contribution in [2.24, 2.45) is 11.8 Å². The van der Waals surface area contributed by atoms with Crippen molar-refractivity contribution in [3.05, 3.63) is 28.2 Å². The van der Waals surface area contributed by atoms with Gasteiger partial charge in [0.05, 0.1) is 11.6 Å². The van der Waals surface area contributed by atoms with E-state index in [1.54, 1.807) is 0 Å². The number of hydrogen-bond acceptors (Lipinski definition) is 2. The van der Waals surface area contributed by atoms with Gasteiger partial charge >= 0.3 is 0 Å². The van der Waals surface area contributed by atoms with Gasteiger partial charge in [0, 0.05) is 23.2 Å². The van der Waals surface area contributed by atoms with E-state index in [1.165, 1.54) is 12.8 Å². The van der Waals surface area contributed by atoms with Crippen LogP contribution in [0.2, 0.25) is 0 Å². The Hall–Kier alpha value is -1.01. The Balaban J connectivity index is 2.90. The molecule has 2 nitrogen and oxygen atoms in total. The lowest BCUT2D eigenvalue weighted by Crippen LogP contribution is -2.27. The van der Waals surface area contributed by atoms with Crippen LogP contribution in [0.25, 0.3) is 0 Å². The smallest absolute Gasteiger partial charge is 0.0992 e. The lowest BCUT2D eigenvalue weighted by molar-refractivity contribution is 0.535. The van der Waals surface area contributed by atoms with Gasteiger partial charge in [0.1, 0.15) is 0 Å². The molecule has 0 radical (unpaired) electrons. The third-order valence-corrected chi connectivity index (χ3v) is 3.79. The van der Waals surface area contributed by atoms with E-state index in [4.69, 9.17) is 5.26 Å². The summed E-state index contributed by atoms with van der Waals surface area (Å²) in [6.45, 7) is 11.1. The first-order valence-corrected chi connectivity index (χ1v) is 8.17. The molecule has 110 valence electrons. The Morgan fingerprint density at radius 3 is 2.05 bits per heavy atom. The van der Waals surface area contributed by atoms with Crippen molar-refractivity contribution < 1.29 is 0 Å². The number of rotatable bonds is 7. The van der Waals surface area contributed by atoms with E-state index in [0.29, 0.717) is 17.4 Å². The fourth-order valence-electron chi connectivity index (χ4n) is 2.02. The largest absolute Gasteiger partial charge is 0.371 e. The zero-order chi connectivity index (χ0) is 15.1. The highest BCUT2D eigenvalue weighted by molar-refractivity contribution is 9.10. The van der Waals surface area contributed by atoms with Gasteiger partial charge in [0.25, 0.3) is 0 Å². The summed E-state index contributed by atoms with van der Waals surface area (Å²) >= 11 is 3.50. The summed E-state index contributed by atoms with van der Waals surface area (Å²) in [6.07, 6.45) is 2.35. The minimum Gasteiger partial charge on any atom is -0.371 e. The van der Waals surface area contributed by atoms with Crippen molar-refractivity contribution in [3.8, 4) is 6.07 Å². The molecule has 0 atom stereocenters. The van der Waals surface area contributed by atoms with Crippen molar-refractivity contribution in [2.75, 3.05) is 18.0 Å². The van der Waals surface area contributed by atoms with Gasteiger partial charge in [-0.25, -0.2) is 0 Å². The van der Waals surface area contributed by atoms with Gasteiger partial charge < -0.3 is 4.90 Å². The summed E-state index contributed by atoms with van der Waals surface area (Å²) in [4.78, 5) is 2.41. The van der Waals surface area contributed by atoms with Gasteiger partial charge in [-0.1, -0.05) is 43.6 Å². The first-order chi connectivity index (χ1) is 9.42. The molecule has 0 saturated carbocycles. The van der Waals surface area contributed by atoms with Gasteiger partial charge in [-0.3, -0.25) is 0 Å².